The number of halogens is 2. The van der Waals surface area contributed by atoms with Crippen molar-refractivity contribution < 1.29 is 17.7 Å². The lowest BCUT2D eigenvalue weighted by atomic mass is 10.3. The van der Waals surface area contributed by atoms with Gasteiger partial charge in [0.15, 0.2) is 11.6 Å². The third kappa shape index (κ3) is 4.53. The molecule has 2 rings (SSSR count). The fourth-order valence-electron chi connectivity index (χ4n) is 1.72. The molecule has 0 fully saturated rings. The maximum absolute atomic E-state index is 13.0. The summed E-state index contributed by atoms with van der Waals surface area (Å²) >= 11 is 0. The molecule has 2 aromatic carbocycles. The van der Waals surface area contributed by atoms with Gasteiger partial charge < -0.3 is 10.5 Å². The van der Waals surface area contributed by atoms with E-state index in [1.165, 1.54) is 6.07 Å². The predicted octanol–water partition coefficient (Wildman–Crippen LogP) is 3.12. The molecule has 112 valence electrons. The van der Waals surface area contributed by atoms with Gasteiger partial charge in [-0.1, -0.05) is 6.07 Å². The third-order valence-electron chi connectivity index (χ3n) is 2.75. The predicted molar refractivity (Wildman–Crippen MR) is 78.6 cm³/mol. The van der Waals surface area contributed by atoms with Crippen molar-refractivity contribution in [2.75, 3.05) is 18.1 Å². The summed E-state index contributed by atoms with van der Waals surface area (Å²) in [5, 5.41) is 0. The number of nitrogens with two attached hydrogens (primary N) is 1. The van der Waals surface area contributed by atoms with Crippen LogP contribution in [0, 0.1) is 11.6 Å². The first-order chi connectivity index (χ1) is 10.1. The second-order valence-electron chi connectivity index (χ2n) is 4.40. The van der Waals surface area contributed by atoms with E-state index in [1.54, 1.807) is 24.3 Å². The van der Waals surface area contributed by atoms with Gasteiger partial charge in [-0.25, -0.2) is 8.78 Å². The molecule has 0 aromatic heterocycles. The van der Waals surface area contributed by atoms with Crippen LogP contribution in [0.2, 0.25) is 0 Å². The normalized spacial score (nSPS) is 12.1. The Labute approximate surface area is 124 Å². The first-order valence-electron chi connectivity index (χ1n) is 6.38. The number of nitrogen functional groups attached to an aromatic ring is 1. The summed E-state index contributed by atoms with van der Waals surface area (Å²) in [6.07, 6.45) is 0.528. The van der Waals surface area contributed by atoms with Gasteiger partial charge in [0, 0.05) is 22.4 Å². The molecule has 0 bridgehead atoms. The minimum absolute atomic E-state index is 0.276. The molecule has 0 spiro atoms. The molecule has 2 N–H and O–H groups in total. The number of benzene rings is 2. The molecule has 6 heteroatoms. The number of hydrogen-bond donors (Lipinski definition) is 1. The fraction of sp³-hybridized carbons (Fsp3) is 0.200. The molecule has 0 aliphatic rings. The smallest absolute Gasteiger partial charge is 0.160 e. The number of hydrogen-bond acceptors (Lipinski definition) is 3. The summed E-state index contributed by atoms with van der Waals surface area (Å²) in [5.74, 6) is -0.973. The number of rotatable bonds is 6. The monoisotopic (exact) mass is 311 g/mol. The van der Waals surface area contributed by atoms with E-state index in [0.717, 1.165) is 12.1 Å². The van der Waals surface area contributed by atoms with Crippen molar-refractivity contribution >= 4 is 16.5 Å². The van der Waals surface area contributed by atoms with Crippen molar-refractivity contribution in [1.82, 2.24) is 0 Å². The summed E-state index contributed by atoms with van der Waals surface area (Å²) in [7, 11) is -1.38. The Kier molecular flexibility index (Phi) is 5.27. The van der Waals surface area contributed by atoms with Crippen LogP contribution < -0.4 is 10.5 Å². The second kappa shape index (κ2) is 7.17. The second-order valence-corrected chi connectivity index (χ2v) is 5.97. The van der Waals surface area contributed by atoms with E-state index in [-0.39, 0.29) is 4.90 Å². The van der Waals surface area contributed by atoms with E-state index in [0.29, 0.717) is 30.2 Å². The molecule has 0 saturated heterocycles. The van der Waals surface area contributed by atoms with Crippen LogP contribution in [0.5, 0.6) is 5.75 Å². The number of ether oxygens (including phenoxy) is 1. The molecule has 3 nitrogen and oxygen atoms in total. The molecule has 0 saturated carbocycles. The van der Waals surface area contributed by atoms with Crippen LogP contribution in [0.4, 0.5) is 14.5 Å². The van der Waals surface area contributed by atoms with Crippen LogP contribution in [-0.4, -0.2) is 16.6 Å². The Hall–Kier alpha value is -1.95. The van der Waals surface area contributed by atoms with Crippen molar-refractivity contribution in [2.45, 2.75) is 11.3 Å². The molecular formula is C15H15F2NO2S. The maximum atomic E-state index is 13.0. The zero-order chi connectivity index (χ0) is 15.2. The van der Waals surface area contributed by atoms with Crippen molar-refractivity contribution in [3.05, 3.63) is 54.1 Å². The molecule has 1 atom stereocenters. The average Bonchev–Trinajstić information content (AvgIpc) is 2.46. The quantitative estimate of drug-likeness (QED) is 0.659. The first kappa shape index (κ1) is 15.4. The highest BCUT2D eigenvalue weighted by Crippen LogP contribution is 2.15. The minimum Gasteiger partial charge on any atom is -0.493 e. The molecule has 0 heterocycles. The maximum Gasteiger partial charge on any atom is 0.160 e. The molecule has 0 aliphatic heterocycles. The minimum atomic E-state index is -1.38. The lowest BCUT2D eigenvalue weighted by Crippen LogP contribution is -2.05. The van der Waals surface area contributed by atoms with Crippen LogP contribution in [0.1, 0.15) is 6.42 Å². The van der Waals surface area contributed by atoms with Gasteiger partial charge in [0.1, 0.15) is 5.75 Å². The fourth-order valence-corrected chi connectivity index (χ4v) is 2.79. The third-order valence-corrected chi connectivity index (χ3v) is 4.19. The summed E-state index contributed by atoms with van der Waals surface area (Å²) in [6, 6.07) is 10.3. The number of anilines is 1. The van der Waals surface area contributed by atoms with Gasteiger partial charge in [0.2, 0.25) is 0 Å². The van der Waals surface area contributed by atoms with Gasteiger partial charge in [-0.2, -0.15) is 0 Å². The Morgan fingerprint density at radius 1 is 1.10 bits per heavy atom. The van der Waals surface area contributed by atoms with Gasteiger partial charge in [0.05, 0.1) is 17.4 Å². The highest BCUT2D eigenvalue weighted by molar-refractivity contribution is 7.85. The van der Waals surface area contributed by atoms with E-state index < -0.39 is 22.4 Å². The zero-order valence-corrected chi connectivity index (χ0v) is 12.0. The summed E-state index contributed by atoms with van der Waals surface area (Å²) in [6.45, 7) is 0.374. The Morgan fingerprint density at radius 2 is 1.90 bits per heavy atom. The molecule has 1 unspecified atom stereocenters. The average molecular weight is 311 g/mol. The lowest BCUT2D eigenvalue weighted by molar-refractivity contribution is 0.318. The highest BCUT2D eigenvalue weighted by atomic mass is 32.2. The SMILES string of the molecule is Nc1cccc(OCCCS(=O)c2ccc(F)c(F)c2)c1. The van der Waals surface area contributed by atoms with Crippen LogP contribution in [0.25, 0.3) is 0 Å². The lowest BCUT2D eigenvalue weighted by Gasteiger charge is -2.07. The molecule has 0 amide bonds. The molecule has 0 aliphatic carbocycles. The van der Waals surface area contributed by atoms with Crippen LogP contribution in [0.3, 0.4) is 0 Å². The van der Waals surface area contributed by atoms with E-state index in [4.69, 9.17) is 10.5 Å². The standard InChI is InChI=1S/C15H15F2NO2S/c16-14-6-5-13(10-15(14)17)21(19)8-2-7-20-12-4-1-3-11(18)9-12/h1,3-6,9-10H,2,7-8,18H2. The van der Waals surface area contributed by atoms with Crippen molar-refractivity contribution in [3.8, 4) is 5.75 Å². The van der Waals surface area contributed by atoms with E-state index in [9.17, 15) is 13.0 Å². The van der Waals surface area contributed by atoms with E-state index >= 15 is 0 Å². The van der Waals surface area contributed by atoms with Crippen molar-refractivity contribution in [2.24, 2.45) is 0 Å². The highest BCUT2D eigenvalue weighted by Gasteiger charge is 2.08. The Balaban J connectivity index is 1.80. The van der Waals surface area contributed by atoms with Gasteiger partial charge >= 0.3 is 0 Å². The van der Waals surface area contributed by atoms with Crippen LogP contribution in [0.15, 0.2) is 47.4 Å². The van der Waals surface area contributed by atoms with Crippen LogP contribution in [-0.2, 0) is 10.8 Å². The Bertz CT molecular complexity index is 649. The van der Waals surface area contributed by atoms with E-state index in [2.05, 4.69) is 0 Å². The van der Waals surface area contributed by atoms with Crippen molar-refractivity contribution in [3.63, 3.8) is 0 Å². The van der Waals surface area contributed by atoms with Gasteiger partial charge in [-0.3, -0.25) is 4.21 Å². The van der Waals surface area contributed by atoms with Gasteiger partial charge in [0.25, 0.3) is 0 Å². The summed E-state index contributed by atoms with van der Waals surface area (Å²) in [4.78, 5) is 0.276. The topological polar surface area (TPSA) is 52.3 Å². The van der Waals surface area contributed by atoms with Gasteiger partial charge in [-0.05, 0) is 36.8 Å². The van der Waals surface area contributed by atoms with Gasteiger partial charge in [-0.15, -0.1) is 0 Å². The first-order valence-corrected chi connectivity index (χ1v) is 7.70. The molecule has 2 aromatic rings. The summed E-state index contributed by atoms with van der Waals surface area (Å²) in [5.41, 5.74) is 6.23. The molecule has 21 heavy (non-hydrogen) atoms. The largest absolute Gasteiger partial charge is 0.493 e. The van der Waals surface area contributed by atoms with E-state index in [1.807, 2.05) is 0 Å². The molecule has 0 radical (unpaired) electrons. The van der Waals surface area contributed by atoms with Crippen molar-refractivity contribution in [1.29, 1.82) is 0 Å². The molecular weight excluding hydrogens is 296 g/mol. The Morgan fingerprint density at radius 3 is 2.62 bits per heavy atom. The van der Waals surface area contributed by atoms with Crippen LogP contribution >= 0.6 is 0 Å². The zero-order valence-electron chi connectivity index (χ0n) is 11.2. The summed E-state index contributed by atoms with van der Waals surface area (Å²) < 4.78 is 43.2.